The molecule has 1 aliphatic rings. The van der Waals surface area contributed by atoms with Gasteiger partial charge in [-0.1, -0.05) is 6.92 Å². The molecule has 2 rings (SSSR count). The van der Waals surface area contributed by atoms with Crippen molar-refractivity contribution in [3.05, 3.63) is 30.1 Å². The predicted molar refractivity (Wildman–Crippen MR) is 75.5 cm³/mol. The Hall–Kier alpha value is -0.930. The molecule has 0 saturated carbocycles. The van der Waals surface area contributed by atoms with E-state index in [1.165, 1.54) is 44.5 Å². The molecule has 1 saturated heterocycles. The van der Waals surface area contributed by atoms with Crippen molar-refractivity contribution in [1.82, 2.24) is 15.2 Å². The standard InChI is InChI=1S/C15H25N3/c1-3-18-11-4-5-15(8-12-18)17-13(2)14-6-9-16-10-7-14/h6-7,9-10,13,15,17H,3-5,8,11-12H2,1-2H3/t13-,15?/m0/s1. The first-order valence-electron chi connectivity index (χ1n) is 7.18. The summed E-state index contributed by atoms with van der Waals surface area (Å²) < 4.78 is 0. The Kier molecular flexibility index (Phi) is 5.14. The van der Waals surface area contributed by atoms with E-state index in [2.05, 4.69) is 41.2 Å². The van der Waals surface area contributed by atoms with Gasteiger partial charge in [-0.2, -0.15) is 0 Å². The molecule has 2 heterocycles. The van der Waals surface area contributed by atoms with Crippen LogP contribution in [-0.2, 0) is 0 Å². The molecule has 0 radical (unpaired) electrons. The summed E-state index contributed by atoms with van der Waals surface area (Å²) in [6, 6.07) is 5.29. The maximum Gasteiger partial charge on any atom is 0.0295 e. The average Bonchev–Trinajstić information content (AvgIpc) is 2.65. The SMILES string of the molecule is CCN1CCCC(N[C@@H](C)c2ccncc2)CC1. The van der Waals surface area contributed by atoms with Gasteiger partial charge in [0.1, 0.15) is 0 Å². The summed E-state index contributed by atoms with van der Waals surface area (Å²) in [7, 11) is 0. The van der Waals surface area contributed by atoms with Crippen LogP contribution < -0.4 is 5.32 Å². The van der Waals surface area contributed by atoms with Gasteiger partial charge in [-0.05, 0) is 63.5 Å². The number of rotatable bonds is 4. The van der Waals surface area contributed by atoms with E-state index in [9.17, 15) is 0 Å². The van der Waals surface area contributed by atoms with E-state index in [-0.39, 0.29) is 0 Å². The van der Waals surface area contributed by atoms with Crippen LogP contribution in [-0.4, -0.2) is 35.6 Å². The molecular formula is C15H25N3. The molecule has 3 nitrogen and oxygen atoms in total. The monoisotopic (exact) mass is 247 g/mol. The van der Waals surface area contributed by atoms with Gasteiger partial charge in [-0.3, -0.25) is 4.98 Å². The van der Waals surface area contributed by atoms with Crippen LogP contribution >= 0.6 is 0 Å². The van der Waals surface area contributed by atoms with Gasteiger partial charge in [0.25, 0.3) is 0 Å². The number of likely N-dealkylation sites (tertiary alicyclic amines) is 1. The van der Waals surface area contributed by atoms with E-state index in [0.717, 1.165) is 0 Å². The third-order valence-electron chi connectivity index (χ3n) is 3.96. The van der Waals surface area contributed by atoms with Crippen molar-refractivity contribution in [2.45, 2.75) is 45.2 Å². The smallest absolute Gasteiger partial charge is 0.0295 e. The zero-order valence-corrected chi connectivity index (χ0v) is 11.6. The molecule has 1 N–H and O–H groups in total. The summed E-state index contributed by atoms with van der Waals surface area (Å²) >= 11 is 0. The normalized spacial score (nSPS) is 23.6. The lowest BCUT2D eigenvalue weighted by Gasteiger charge is -2.22. The number of pyridine rings is 1. The summed E-state index contributed by atoms with van der Waals surface area (Å²) in [5.41, 5.74) is 1.33. The van der Waals surface area contributed by atoms with Gasteiger partial charge in [0.15, 0.2) is 0 Å². The van der Waals surface area contributed by atoms with Crippen LogP contribution in [0.1, 0.15) is 44.7 Å². The molecule has 100 valence electrons. The molecule has 2 atom stereocenters. The molecule has 0 aromatic carbocycles. The highest BCUT2D eigenvalue weighted by molar-refractivity contribution is 5.14. The molecule has 1 unspecified atom stereocenters. The van der Waals surface area contributed by atoms with Crippen molar-refractivity contribution >= 4 is 0 Å². The minimum absolute atomic E-state index is 0.422. The van der Waals surface area contributed by atoms with Gasteiger partial charge in [0, 0.05) is 24.5 Å². The zero-order chi connectivity index (χ0) is 12.8. The largest absolute Gasteiger partial charge is 0.307 e. The molecule has 1 aromatic heterocycles. The fourth-order valence-corrected chi connectivity index (χ4v) is 2.74. The number of hydrogen-bond acceptors (Lipinski definition) is 3. The average molecular weight is 247 g/mol. The fraction of sp³-hybridized carbons (Fsp3) is 0.667. The summed E-state index contributed by atoms with van der Waals surface area (Å²) in [5, 5.41) is 3.77. The van der Waals surface area contributed by atoms with Gasteiger partial charge < -0.3 is 10.2 Å². The third-order valence-corrected chi connectivity index (χ3v) is 3.96. The lowest BCUT2D eigenvalue weighted by atomic mass is 10.1. The van der Waals surface area contributed by atoms with Gasteiger partial charge >= 0.3 is 0 Å². The summed E-state index contributed by atoms with van der Waals surface area (Å²) in [6.07, 6.45) is 7.63. The van der Waals surface area contributed by atoms with Crippen LogP contribution in [0.3, 0.4) is 0 Å². The van der Waals surface area contributed by atoms with Crippen LogP contribution in [0.15, 0.2) is 24.5 Å². The van der Waals surface area contributed by atoms with Crippen molar-refractivity contribution in [3.63, 3.8) is 0 Å². The highest BCUT2D eigenvalue weighted by atomic mass is 15.1. The maximum absolute atomic E-state index is 4.08. The molecule has 1 fully saturated rings. The van der Waals surface area contributed by atoms with Gasteiger partial charge in [-0.25, -0.2) is 0 Å². The Bertz CT molecular complexity index is 339. The van der Waals surface area contributed by atoms with Crippen LogP contribution in [0.5, 0.6) is 0 Å². The zero-order valence-electron chi connectivity index (χ0n) is 11.6. The number of nitrogens with one attached hydrogen (secondary N) is 1. The first-order valence-corrected chi connectivity index (χ1v) is 7.18. The van der Waals surface area contributed by atoms with Crippen LogP contribution in [0.2, 0.25) is 0 Å². The third kappa shape index (κ3) is 3.79. The van der Waals surface area contributed by atoms with Crippen molar-refractivity contribution in [2.75, 3.05) is 19.6 Å². The lowest BCUT2D eigenvalue weighted by Crippen LogP contribution is -2.32. The molecule has 0 aliphatic carbocycles. The molecule has 0 bridgehead atoms. The van der Waals surface area contributed by atoms with E-state index in [0.29, 0.717) is 12.1 Å². The van der Waals surface area contributed by atoms with E-state index in [1.54, 1.807) is 0 Å². The van der Waals surface area contributed by atoms with E-state index in [4.69, 9.17) is 0 Å². The molecule has 0 amide bonds. The Morgan fingerprint density at radius 1 is 1.33 bits per heavy atom. The number of hydrogen-bond donors (Lipinski definition) is 1. The van der Waals surface area contributed by atoms with E-state index < -0.39 is 0 Å². The van der Waals surface area contributed by atoms with Crippen molar-refractivity contribution in [3.8, 4) is 0 Å². The Morgan fingerprint density at radius 2 is 2.11 bits per heavy atom. The minimum atomic E-state index is 0.422. The highest BCUT2D eigenvalue weighted by Crippen LogP contribution is 2.16. The maximum atomic E-state index is 4.08. The summed E-state index contributed by atoms with van der Waals surface area (Å²) in [4.78, 5) is 6.63. The second-order valence-corrected chi connectivity index (χ2v) is 5.23. The van der Waals surface area contributed by atoms with E-state index in [1.807, 2.05) is 12.4 Å². The van der Waals surface area contributed by atoms with Crippen LogP contribution in [0, 0.1) is 0 Å². The topological polar surface area (TPSA) is 28.2 Å². The quantitative estimate of drug-likeness (QED) is 0.886. The van der Waals surface area contributed by atoms with Crippen molar-refractivity contribution in [2.24, 2.45) is 0 Å². The van der Waals surface area contributed by atoms with E-state index >= 15 is 0 Å². The van der Waals surface area contributed by atoms with Crippen LogP contribution in [0.25, 0.3) is 0 Å². The highest BCUT2D eigenvalue weighted by Gasteiger charge is 2.17. The lowest BCUT2D eigenvalue weighted by molar-refractivity contribution is 0.295. The molecule has 1 aliphatic heterocycles. The van der Waals surface area contributed by atoms with Crippen molar-refractivity contribution in [1.29, 1.82) is 0 Å². The Morgan fingerprint density at radius 3 is 2.83 bits per heavy atom. The first-order chi connectivity index (χ1) is 8.79. The number of nitrogens with zero attached hydrogens (tertiary/aromatic N) is 2. The predicted octanol–water partition coefficient (Wildman–Crippen LogP) is 2.61. The summed E-state index contributed by atoms with van der Waals surface area (Å²) in [5.74, 6) is 0. The van der Waals surface area contributed by atoms with Crippen LogP contribution in [0.4, 0.5) is 0 Å². The molecular weight excluding hydrogens is 222 g/mol. The van der Waals surface area contributed by atoms with Crippen molar-refractivity contribution < 1.29 is 0 Å². The molecule has 0 spiro atoms. The minimum Gasteiger partial charge on any atom is -0.307 e. The molecule has 1 aromatic rings. The Labute approximate surface area is 111 Å². The second-order valence-electron chi connectivity index (χ2n) is 5.23. The molecule has 3 heteroatoms. The van der Waals surface area contributed by atoms with Gasteiger partial charge in [0.05, 0.1) is 0 Å². The number of aromatic nitrogens is 1. The second kappa shape index (κ2) is 6.86. The Balaban J connectivity index is 1.86. The first kappa shape index (κ1) is 13.5. The van der Waals surface area contributed by atoms with Gasteiger partial charge in [-0.15, -0.1) is 0 Å². The summed E-state index contributed by atoms with van der Waals surface area (Å²) in [6.45, 7) is 8.19. The van der Waals surface area contributed by atoms with Gasteiger partial charge in [0.2, 0.25) is 0 Å². The fourth-order valence-electron chi connectivity index (χ4n) is 2.74. The molecule has 18 heavy (non-hydrogen) atoms.